The lowest BCUT2D eigenvalue weighted by atomic mass is 10.0. The summed E-state index contributed by atoms with van der Waals surface area (Å²) < 4.78 is 5.86. The minimum atomic E-state index is 0.242. The first-order chi connectivity index (χ1) is 9.29. The Balaban J connectivity index is 2.01. The average molecular weight is 256 g/mol. The van der Waals surface area contributed by atoms with Crippen LogP contribution in [0.5, 0.6) is 5.75 Å². The van der Waals surface area contributed by atoms with Gasteiger partial charge in [-0.05, 0) is 49.7 Å². The van der Waals surface area contributed by atoms with Crippen LogP contribution in [-0.4, -0.2) is 18.1 Å². The van der Waals surface area contributed by atoms with Crippen molar-refractivity contribution in [2.45, 2.75) is 19.3 Å². The van der Waals surface area contributed by atoms with Gasteiger partial charge in [0, 0.05) is 17.8 Å². The van der Waals surface area contributed by atoms with Gasteiger partial charge >= 0.3 is 0 Å². The molecule has 1 aromatic heterocycles. The third-order valence-electron chi connectivity index (χ3n) is 3.06. The molecule has 2 aromatic rings. The highest BCUT2D eigenvalue weighted by molar-refractivity contribution is 5.27. The van der Waals surface area contributed by atoms with Gasteiger partial charge in [-0.2, -0.15) is 0 Å². The Bertz CT molecular complexity index is 499. The predicted molar refractivity (Wildman–Crippen MR) is 77.3 cm³/mol. The summed E-state index contributed by atoms with van der Waals surface area (Å²) in [6, 6.07) is 14.0. The number of aromatic nitrogens is 1. The summed E-state index contributed by atoms with van der Waals surface area (Å²) in [5.74, 6) is 1.14. The van der Waals surface area contributed by atoms with Crippen molar-refractivity contribution in [1.82, 2.24) is 4.98 Å². The Hall–Kier alpha value is -1.87. The molecule has 3 heteroatoms. The molecule has 3 nitrogen and oxygen atoms in total. The first-order valence-corrected chi connectivity index (χ1v) is 6.60. The van der Waals surface area contributed by atoms with Crippen molar-refractivity contribution in [1.29, 1.82) is 0 Å². The second-order valence-corrected chi connectivity index (χ2v) is 4.66. The highest BCUT2D eigenvalue weighted by Gasteiger charge is 2.12. The van der Waals surface area contributed by atoms with Crippen molar-refractivity contribution in [3.63, 3.8) is 0 Å². The van der Waals surface area contributed by atoms with Crippen LogP contribution in [0.3, 0.4) is 0 Å². The fourth-order valence-corrected chi connectivity index (χ4v) is 2.04. The molecule has 1 aromatic carbocycles. The maximum absolute atomic E-state index is 5.86. The van der Waals surface area contributed by atoms with E-state index in [1.165, 1.54) is 5.56 Å². The van der Waals surface area contributed by atoms with Gasteiger partial charge in [0.15, 0.2) is 0 Å². The van der Waals surface area contributed by atoms with E-state index in [9.17, 15) is 0 Å². The summed E-state index contributed by atoms with van der Waals surface area (Å²) in [5, 5.41) is 0. The van der Waals surface area contributed by atoms with Crippen molar-refractivity contribution in [2.24, 2.45) is 5.73 Å². The lowest BCUT2D eigenvalue weighted by molar-refractivity contribution is 0.280. The largest absolute Gasteiger partial charge is 0.493 e. The Labute approximate surface area is 114 Å². The molecule has 1 atom stereocenters. The number of hydrogen-bond donors (Lipinski definition) is 1. The number of pyridine rings is 1. The molecule has 100 valence electrons. The van der Waals surface area contributed by atoms with E-state index >= 15 is 0 Å². The van der Waals surface area contributed by atoms with Crippen LogP contribution in [0.1, 0.15) is 23.6 Å². The molecule has 0 fully saturated rings. The minimum Gasteiger partial charge on any atom is -0.493 e. The predicted octanol–water partition coefficient (Wildman–Crippen LogP) is 2.90. The van der Waals surface area contributed by atoms with E-state index in [1.807, 2.05) is 42.6 Å². The van der Waals surface area contributed by atoms with E-state index in [0.29, 0.717) is 13.2 Å². The molecule has 0 spiro atoms. The van der Waals surface area contributed by atoms with Crippen LogP contribution >= 0.6 is 0 Å². The molecule has 1 heterocycles. The standard InChI is InChI=1S/C16H20N2O/c1-13-5-4-6-15(11-13)19-12-14(8-9-17)16-7-2-3-10-18-16/h2-7,10-11,14H,8-9,12,17H2,1H3. The summed E-state index contributed by atoms with van der Waals surface area (Å²) in [6.07, 6.45) is 2.69. The van der Waals surface area contributed by atoms with Gasteiger partial charge in [-0.25, -0.2) is 0 Å². The van der Waals surface area contributed by atoms with E-state index in [2.05, 4.69) is 18.0 Å². The molecule has 0 aliphatic heterocycles. The Morgan fingerprint density at radius 2 is 2.11 bits per heavy atom. The number of rotatable bonds is 6. The fraction of sp³-hybridized carbons (Fsp3) is 0.312. The molecule has 0 aliphatic rings. The van der Waals surface area contributed by atoms with Crippen molar-refractivity contribution < 1.29 is 4.74 Å². The molecule has 0 amide bonds. The molecule has 1 unspecified atom stereocenters. The molecule has 0 saturated heterocycles. The number of nitrogens with two attached hydrogens (primary N) is 1. The van der Waals surface area contributed by atoms with Crippen LogP contribution in [0, 0.1) is 6.92 Å². The van der Waals surface area contributed by atoms with Gasteiger partial charge in [-0.15, -0.1) is 0 Å². The molecule has 2 N–H and O–H groups in total. The number of ether oxygens (including phenoxy) is 1. The minimum absolute atomic E-state index is 0.242. The highest BCUT2D eigenvalue weighted by Crippen LogP contribution is 2.20. The van der Waals surface area contributed by atoms with Crippen LogP contribution < -0.4 is 10.5 Å². The van der Waals surface area contributed by atoms with E-state index in [0.717, 1.165) is 17.9 Å². The molecular formula is C16H20N2O. The molecule has 0 bridgehead atoms. The Kier molecular flexibility index (Phi) is 4.93. The SMILES string of the molecule is Cc1cccc(OCC(CCN)c2ccccn2)c1. The van der Waals surface area contributed by atoms with Crippen LogP contribution in [0.4, 0.5) is 0 Å². The van der Waals surface area contributed by atoms with Gasteiger partial charge in [0.1, 0.15) is 5.75 Å². The first-order valence-electron chi connectivity index (χ1n) is 6.60. The highest BCUT2D eigenvalue weighted by atomic mass is 16.5. The summed E-state index contributed by atoms with van der Waals surface area (Å²) in [4.78, 5) is 4.39. The van der Waals surface area contributed by atoms with E-state index in [-0.39, 0.29) is 5.92 Å². The quantitative estimate of drug-likeness (QED) is 0.864. The number of hydrogen-bond acceptors (Lipinski definition) is 3. The topological polar surface area (TPSA) is 48.1 Å². The van der Waals surface area contributed by atoms with Crippen molar-refractivity contribution in [2.75, 3.05) is 13.2 Å². The molecular weight excluding hydrogens is 236 g/mol. The zero-order valence-electron chi connectivity index (χ0n) is 11.3. The maximum Gasteiger partial charge on any atom is 0.119 e. The summed E-state index contributed by atoms with van der Waals surface area (Å²) >= 11 is 0. The third-order valence-corrected chi connectivity index (χ3v) is 3.06. The molecule has 0 saturated carbocycles. The lowest BCUT2D eigenvalue weighted by Crippen LogP contribution is -2.16. The van der Waals surface area contributed by atoms with Gasteiger partial charge in [-0.1, -0.05) is 18.2 Å². The summed E-state index contributed by atoms with van der Waals surface area (Å²) in [7, 11) is 0. The summed E-state index contributed by atoms with van der Waals surface area (Å²) in [5.41, 5.74) is 7.92. The van der Waals surface area contributed by atoms with Gasteiger partial charge in [0.25, 0.3) is 0 Å². The number of aryl methyl sites for hydroxylation is 1. The van der Waals surface area contributed by atoms with Gasteiger partial charge in [0.05, 0.1) is 6.61 Å². The molecule has 0 aliphatic carbocycles. The van der Waals surface area contributed by atoms with Crippen molar-refractivity contribution >= 4 is 0 Å². The third kappa shape index (κ3) is 4.07. The molecule has 2 rings (SSSR count). The van der Waals surface area contributed by atoms with Crippen molar-refractivity contribution in [3.05, 3.63) is 59.9 Å². The second kappa shape index (κ2) is 6.90. The van der Waals surface area contributed by atoms with Crippen LogP contribution in [0.25, 0.3) is 0 Å². The monoisotopic (exact) mass is 256 g/mol. The fourth-order valence-electron chi connectivity index (χ4n) is 2.04. The summed E-state index contributed by atoms with van der Waals surface area (Å²) in [6.45, 7) is 3.30. The molecule has 0 radical (unpaired) electrons. The second-order valence-electron chi connectivity index (χ2n) is 4.66. The van der Waals surface area contributed by atoms with Gasteiger partial charge in [0.2, 0.25) is 0 Å². The Morgan fingerprint density at radius 3 is 2.79 bits per heavy atom. The maximum atomic E-state index is 5.86. The van der Waals surface area contributed by atoms with Crippen molar-refractivity contribution in [3.8, 4) is 5.75 Å². The van der Waals surface area contributed by atoms with Crippen LogP contribution in [-0.2, 0) is 0 Å². The lowest BCUT2D eigenvalue weighted by Gasteiger charge is -2.16. The smallest absolute Gasteiger partial charge is 0.119 e. The number of nitrogens with zero attached hydrogens (tertiary/aromatic N) is 1. The van der Waals surface area contributed by atoms with Gasteiger partial charge < -0.3 is 10.5 Å². The Morgan fingerprint density at radius 1 is 1.21 bits per heavy atom. The number of benzene rings is 1. The zero-order valence-corrected chi connectivity index (χ0v) is 11.3. The van der Waals surface area contributed by atoms with Crippen LogP contribution in [0.15, 0.2) is 48.7 Å². The molecule has 19 heavy (non-hydrogen) atoms. The first kappa shape index (κ1) is 13.6. The van der Waals surface area contributed by atoms with Crippen LogP contribution in [0.2, 0.25) is 0 Å². The zero-order chi connectivity index (χ0) is 13.5. The normalized spacial score (nSPS) is 12.1. The van der Waals surface area contributed by atoms with E-state index in [1.54, 1.807) is 0 Å². The van der Waals surface area contributed by atoms with E-state index in [4.69, 9.17) is 10.5 Å². The van der Waals surface area contributed by atoms with E-state index < -0.39 is 0 Å². The van der Waals surface area contributed by atoms with Gasteiger partial charge in [-0.3, -0.25) is 4.98 Å². The average Bonchev–Trinajstić information content (AvgIpc) is 2.44.